The van der Waals surface area contributed by atoms with Crippen LogP contribution >= 0.6 is 11.8 Å². The fourth-order valence-electron chi connectivity index (χ4n) is 2.89. The number of nitrogens with two attached hydrogens (primary N) is 1. The molecule has 1 atom stereocenters. The summed E-state index contributed by atoms with van der Waals surface area (Å²) < 4.78 is 14.5. The summed E-state index contributed by atoms with van der Waals surface area (Å²) in [5.41, 5.74) is 7.49. The van der Waals surface area contributed by atoms with E-state index in [4.69, 9.17) is 5.73 Å². The summed E-state index contributed by atoms with van der Waals surface area (Å²) >= 11 is 1.51. The minimum Gasteiger partial charge on any atom is -0.379 e. The monoisotopic (exact) mass is 359 g/mol. The molecule has 3 rings (SSSR count). The quantitative estimate of drug-likeness (QED) is 0.871. The molecular formula is C18H22FN5S. The predicted octanol–water partition coefficient (Wildman–Crippen LogP) is 3.70. The first kappa shape index (κ1) is 17.5. The number of hydrogen-bond donors (Lipinski definition) is 2. The molecule has 0 unspecified atom stereocenters. The molecule has 132 valence electrons. The normalized spacial score (nSPS) is 20.1. The highest BCUT2D eigenvalue weighted by molar-refractivity contribution is 8.13. The molecule has 0 radical (unpaired) electrons. The SMILES string of the molecule is CN(C)c1cccnc1Nc1ccc(F)c([C@]2(C)CCSC(N)=N2)c1. The number of aromatic nitrogens is 1. The molecule has 5 nitrogen and oxygen atoms in total. The number of thioether (sulfide) groups is 1. The molecule has 25 heavy (non-hydrogen) atoms. The van der Waals surface area contributed by atoms with Crippen LogP contribution < -0.4 is 16.0 Å². The second-order valence-corrected chi connectivity index (χ2v) is 7.52. The van der Waals surface area contributed by atoms with Crippen LogP contribution in [0.1, 0.15) is 18.9 Å². The molecule has 0 saturated carbocycles. The second kappa shape index (κ2) is 6.92. The summed E-state index contributed by atoms with van der Waals surface area (Å²) in [6, 6.07) is 8.84. The van der Waals surface area contributed by atoms with Gasteiger partial charge >= 0.3 is 0 Å². The van der Waals surface area contributed by atoms with Crippen LogP contribution in [-0.4, -0.2) is 30.0 Å². The number of nitrogens with zero attached hydrogens (tertiary/aromatic N) is 3. The van der Waals surface area contributed by atoms with Crippen LogP contribution in [0.2, 0.25) is 0 Å². The number of rotatable bonds is 4. The Labute approximate surface area is 151 Å². The zero-order valence-electron chi connectivity index (χ0n) is 14.6. The third kappa shape index (κ3) is 3.71. The number of pyridine rings is 1. The number of benzene rings is 1. The molecule has 1 aromatic heterocycles. The van der Waals surface area contributed by atoms with Gasteiger partial charge in [-0.3, -0.25) is 4.99 Å². The number of anilines is 3. The van der Waals surface area contributed by atoms with Crippen LogP contribution in [0.5, 0.6) is 0 Å². The Kier molecular flexibility index (Phi) is 4.85. The van der Waals surface area contributed by atoms with E-state index in [2.05, 4.69) is 15.3 Å². The van der Waals surface area contributed by atoms with Crippen molar-refractivity contribution in [2.45, 2.75) is 18.9 Å². The van der Waals surface area contributed by atoms with Gasteiger partial charge < -0.3 is 16.0 Å². The van der Waals surface area contributed by atoms with Crippen molar-refractivity contribution in [2.75, 3.05) is 30.1 Å². The fourth-order valence-corrected chi connectivity index (χ4v) is 3.86. The van der Waals surface area contributed by atoms with Gasteiger partial charge in [-0.15, -0.1) is 0 Å². The van der Waals surface area contributed by atoms with Gasteiger partial charge in [0.25, 0.3) is 0 Å². The molecule has 3 N–H and O–H groups in total. The molecule has 2 heterocycles. The van der Waals surface area contributed by atoms with Gasteiger partial charge in [0.05, 0.1) is 11.2 Å². The zero-order chi connectivity index (χ0) is 18.0. The molecule has 0 fully saturated rings. The number of hydrogen-bond acceptors (Lipinski definition) is 6. The summed E-state index contributed by atoms with van der Waals surface area (Å²) in [7, 11) is 3.91. The van der Waals surface area contributed by atoms with E-state index in [-0.39, 0.29) is 5.82 Å². The summed E-state index contributed by atoms with van der Waals surface area (Å²) in [6.07, 6.45) is 2.47. The van der Waals surface area contributed by atoms with Crippen LogP contribution in [0.25, 0.3) is 0 Å². The lowest BCUT2D eigenvalue weighted by Gasteiger charge is -2.30. The highest BCUT2D eigenvalue weighted by atomic mass is 32.2. The smallest absolute Gasteiger partial charge is 0.154 e. The van der Waals surface area contributed by atoms with Gasteiger partial charge in [0.1, 0.15) is 5.82 Å². The van der Waals surface area contributed by atoms with Crippen LogP contribution in [0.3, 0.4) is 0 Å². The standard InChI is InChI=1S/C18H22FN5S/c1-18(8-10-25-17(20)23-18)13-11-12(6-7-14(13)19)22-16-15(24(2)3)5-4-9-21-16/h4-7,9,11H,8,10H2,1-3H3,(H2,20,23)(H,21,22)/t18-/m0/s1. The van der Waals surface area contributed by atoms with E-state index >= 15 is 0 Å². The van der Waals surface area contributed by atoms with Gasteiger partial charge in [0, 0.05) is 37.3 Å². The lowest BCUT2D eigenvalue weighted by atomic mass is 9.89. The van der Waals surface area contributed by atoms with Crippen molar-refractivity contribution in [3.05, 3.63) is 47.9 Å². The number of halogens is 1. The average Bonchev–Trinajstić information content (AvgIpc) is 2.56. The minimum atomic E-state index is -0.647. The predicted molar refractivity (Wildman–Crippen MR) is 104 cm³/mol. The van der Waals surface area contributed by atoms with Crippen LogP contribution in [0.4, 0.5) is 21.6 Å². The molecule has 7 heteroatoms. The van der Waals surface area contributed by atoms with Crippen molar-refractivity contribution in [3.8, 4) is 0 Å². The molecule has 1 aliphatic heterocycles. The van der Waals surface area contributed by atoms with Gasteiger partial charge in [0.15, 0.2) is 11.0 Å². The van der Waals surface area contributed by atoms with Crippen molar-refractivity contribution in [3.63, 3.8) is 0 Å². The largest absolute Gasteiger partial charge is 0.379 e. The van der Waals surface area contributed by atoms with E-state index < -0.39 is 5.54 Å². The van der Waals surface area contributed by atoms with Crippen LogP contribution in [0, 0.1) is 5.82 Å². The van der Waals surface area contributed by atoms with Crippen molar-refractivity contribution >= 4 is 34.1 Å². The first-order valence-corrected chi connectivity index (χ1v) is 9.05. The van der Waals surface area contributed by atoms with E-state index in [1.807, 2.05) is 38.1 Å². The first-order valence-electron chi connectivity index (χ1n) is 8.06. The maximum atomic E-state index is 14.5. The molecule has 0 bridgehead atoms. The van der Waals surface area contributed by atoms with Crippen molar-refractivity contribution < 1.29 is 4.39 Å². The Hall–Kier alpha value is -2.28. The molecule has 1 aliphatic rings. The molecule has 2 aromatic rings. The number of nitrogens with one attached hydrogen (secondary N) is 1. The van der Waals surface area contributed by atoms with Gasteiger partial charge in [-0.25, -0.2) is 9.37 Å². The van der Waals surface area contributed by atoms with Crippen LogP contribution in [-0.2, 0) is 5.54 Å². The van der Waals surface area contributed by atoms with Crippen molar-refractivity contribution in [1.82, 2.24) is 4.98 Å². The number of amidine groups is 1. The van der Waals surface area contributed by atoms with Gasteiger partial charge in [-0.2, -0.15) is 0 Å². The maximum Gasteiger partial charge on any atom is 0.154 e. The average molecular weight is 359 g/mol. The lowest BCUT2D eigenvalue weighted by molar-refractivity contribution is 0.450. The highest BCUT2D eigenvalue weighted by Crippen LogP contribution is 2.38. The van der Waals surface area contributed by atoms with Gasteiger partial charge in [0.2, 0.25) is 0 Å². The molecule has 0 aliphatic carbocycles. The summed E-state index contributed by atoms with van der Waals surface area (Å²) in [6.45, 7) is 1.92. The minimum absolute atomic E-state index is 0.273. The Balaban J connectivity index is 1.97. The number of aliphatic imine (C=N–C) groups is 1. The maximum absolute atomic E-state index is 14.5. The summed E-state index contributed by atoms with van der Waals surface area (Å²) in [4.78, 5) is 10.9. The first-order chi connectivity index (χ1) is 11.9. The Morgan fingerprint density at radius 3 is 2.84 bits per heavy atom. The second-order valence-electron chi connectivity index (χ2n) is 6.41. The fraction of sp³-hybridized carbons (Fsp3) is 0.333. The molecule has 0 saturated heterocycles. The highest BCUT2D eigenvalue weighted by Gasteiger charge is 2.32. The van der Waals surface area contributed by atoms with E-state index in [1.54, 1.807) is 18.3 Å². The third-order valence-corrected chi connectivity index (χ3v) is 5.07. The van der Waals surface area contributed by atoms with Gasteiger partial charge in [-0.05, 0) is 43.7 Å². The summed E-state index contributed by atoms with van der Waals surface area (Å²) in [5, 5.41) is 3.79. The molecule has 0 amide bonds. The molecular weight excluding hydrogens is 337 g/mol. The van der Waals surface area contributed by atoms with Gasteiger partial charge in [-0.1, -0.05) is 11.8 Å². The molecule has 1 aromatic carbocycles. The Bertz CT molecular complexity index is 808. The van der Waals surface area contributed by atoms with Crippen LogP contribution in [0.15, 0.2) is 41.5 Å². The Morgan fingerprint density at radius 1 is 1.32 bits per heavy atom. The van der Waals surface area contributed by atoms with Crippen molar-refractivity contribution in [2.24, 2.45) is 10.7 Å². The molecule has 0 spiro atoms. The lowest BCUT2D eigenvalue weighted by Crippen LogP contribution is -2.29. The summed E-state index contributed by atoms with van der Waals surface area (Å²) in [5.74, 6) is 1.27. The van der Waals surface area contributed by atoms with Crippen molar-refractivity contribution in [1.29, 1.82) is 0 Å². The van der Waals surface area contributed by atoms with E-state index in [1.165, 1.54) is 17.8 Å². The Morgan fingerprint density at radius 2 is 2.12 bits per heavy atom. The van der Waals surface area contributed by atoms with E-state index in [0.29, 0.717) is 10.7 Å². The third-order valence-electron chi connectivity index (χ3n) is 4.27. The topological polar surface area (TPSA) is 66.5 Å². The van der Waals surface area contributed by atoms with E-state index in [9.17, 15) is 4.39 Å². The van der Waals surface area contributed by atoms with E-state index in [0.717, 1.165) is 29.4 Å². The zero-order valence-corrected chi connectivity index (χ0v) is 15.4.